The Labute approximate surface area is 140 Å². The van der Waals surface area contributed by atoms with Gasteiger partial charge < -0.3 is 9.64 Å². The van der Waals surface area contributed by atoms with Crippen molar-refractivity contribution in [2.45, 2.75) is 6.54 Å². The number of benzene rings is 1. The monoisotopic (exact) mass is 329 g/mol. The summed E-state index contributed by atoms with van der Waals surface area (Å²) in [5.41, 5.74) is 1.57. The summed E-state index contributed by atoms with van der Waals surface area (Å²) < 4.78 is 18.7. The van der Waals surface area contributed by atoms with Crippen molar-refractivity contribution in [3.05, 3.63) is 59.7 Å². The van der Waals surface area contributed by atoms with Crippen molar-refractivity contribution in [1.29, 1.82) is 0 Å². The van der Waals surface area contributed by atoms with Crippen molar-refractivity contribution in [3.63, 3.8) is 0 Å². The fourth-order valence-corrected chi connectivity index (χ4v) is 2.84. The lowest BCUT2D eigenvalue weighted by atomic mass is 10.1. The van der Waals surface area contributed by atoms with Gasteiger partial charge in [0.15, 0.2) is 11.6 Å². The van der Waals surface area contributed by atoms with Crippen molar-refractivity contribution in [1.82, 2.24) is 14.8 Å². The van der Waals surface area contributed by atoms with Crippen LogP contribution in [0, 0.1) is 5.82 Å². The third-order valence-electron chi connectivity index (χ3n) is 4.21. The van der Waals surface area contributed by atoms with E-state index in [0.717, 1.165) is 19.6 Å². The Morgan fingerprint density at radius 2 is 1.88 bits per heavy atom. The molecule has 1 aromatic carbocycles. The molecule has 0 aliphatic carbocycles. The molecule has 0 saturated carbocycles. The third kappa shape index (κ3) is 3.71. The standard InChI is InChI=1S/C18H20FN3O2/c1-24-17-3-2-15(12-16(17)19)18(23)22-10-8-21(9-11-22)13-14-4-6-20-7-5-14/h2-7,12H,8-11,13H2,1H3. The van der Waals surface area contributed by atoms with Crippen molar-refractivity contribution in [2.75, 3.05) is 33.3 Å². The van der Waals surface area contributed by atoms with E-state index >= 15 is 0 Å². The first kappa shape index (κ1) is 16.4. The first-order valence-electron chi connectivity index (χ1n) is 7.91. The SMILES string of the molecule is COc1ccc(C(=O)N2CCN(Cc3ccncc3)CC2)cc1F. The quantitative estimate of drug-likeness (QED) is 0.863. The number of hydrogen-bond acceptors (Lipinski definition) is 4. The van der Waals surface area contributed by atoms with E-state index < -0.39 is 5.82 Å². The average Bonchev–Trinajstić information content (AvgIpc) is 2.62. The van der Waals surface area contributed by atoms with Crippen LogP contribution >= 0.6 is 0 Å². The molecule has 1 aliphatic rings. The minimum absolute atomic E-state index is 0.139. The molecule has 0 bridgehead atoms. The molecule has 0 spiro atoms. The Morgan fingerprint density at radius 3 is 2.50 bits per heavy atom. The summed E-state index contributed by atoms with van der Waals surface area (Å²) in [5.74, 6) is -0.506. The smallest absolute Gasteiger partial charge is 0.254 e. The van der Waals surface area contributed by atoms with E-state index in [1.54, 1.807) is 23.4 Å². The molecule has 1 saturated heterocycles. The Hall–Kier alpha value is -2.47. The summed E-state index contributed by atoms with van der Waals surface area (Å²) in [6.07, 6.45) is 3.57. The van der Waals surface area contributed by atoms with E-state index in [9.17, 15) is 9.18 Å². The van der Waals surface area contributed by atoms with Crippen LogP contribution in [0.1, 0.15) is 15.9 Å². The van der Waals surface area contributed by atoms with Crippen molar-refractivity contribution < 1.29 is 13.9 Å². The van der Waals surface area contributed by atoms with Crippen LogP contribution in [-0.2, 0) is 6.54 Å². The summed E-state index contributed by atoms with van der Waals surface area (Å²) in [4.78, 5) is 20.6. The molecule has 3 rings (SSSR count). The molecule has 24 heavy (non-hydrogen) atoms. The van der Waals surface area contributed by atoms with Gasteiger partial charge in [-0.05, 0) is 35.9 Å². The maximum atomic E-state index is 13.8. The Morgan fingerprint density at radius 1 is 1.17 bits per heavy atom. The molecule has 1 fully saturated rings. The van der Waals surface area contributed by atoms with Crippen LogP contribution in [-0.4, -0.2) is 54.0 Å². The number of carbonyl (C=O) groups is 1. The van der Waals surface area contributed by atoms with Gasteiger partial charge in [0.25, 0.3) is 5.91 Å². The van der Waals surface area contributed by atoms with Gasteiger partial charge in [-0.15, -0.1) is 0 Å². The molecule has 6 heteroatoms. The molecular formula is C18H20FN3O2. The second kappa shape index (κ2) is 7.40. The highest BCUT2D eigenvalue weighted by molar-refractivity contribution is 5.94. The van der Waals surface area contributed by atoms with E-state index in [1.165, 1.54) is 24.8 Å². The topological polar surface area (TPSA) is 45.7 Å². The molecule has 1 amide bonds. The van der Waals surface area contributed by atoms with Gasteiger partial charge >= 0.3 is 0 Å². The molecule has 5 nitrogen and oxygen atoms in total. The number of hydrogen-bond donors (Lipinski definition) is 0. The molecule has 0 N–H and O–H groups in total. The highest BCUT2D eigenvalue weighted by atomic mass is 19.1. The molecular weight excluding hydrogens is 309 g/mol. The highest BCUT2D eigenvalue weighted by Crippen LogP contribution is 2.19. The average molecular weight is 329 g/mol. The molecule has 1 aromatic heterocycles. The summed E-state index contributed by atoms with van der Waals surface area (Å²) in [6, 6.07) is 8.33. The minimum Gasteiger partial charge on any atom is -0.494 e. The van der Waals surface area contributed by atoms with Crippen LogP contribution in [0.15, 0.2) is 42.7 Å². The predicted molar refractivity (Wildman–Crippen MR) is 88.4 cm³/mol. The van der Waals surface area contributed by atoms with E-state index in [4.69, 9.17) is 4.74 Å². The largest absolute Gasteiger partial charge is 0.494 e. The zero-order chi connectivity index (χ0) is 16.9. The second-order valence-electron chi connectivity index (χ2n) is 5.77. The Balaban J connectivity index is 1.58. The van der Waals surface area contributed by atoms with Gasteiger partial charge in [-0.3, -0.25) is 14.7 Å². The lowest BCUT2D eigenvalue weighted by Gasteiger charge is -2.34. The lowest BCUT2D eigenvalue weighted by molar-refractivity contribution is 0.0628. The first-order chi connectivity index (χ1) is 11.7. The Bertz CT molecular complexity index is 701. The lowest BCUT2D eigenvalue weighted by Crippen LogP contribution is -2.48. The van der Waals surface area contributed by atoms with E-state index in [1.807, 2.05) is 12.1 Å². The maximum absolute atomic E-state index is 13.8. The van der Waals surface area contributed by atoms with Gasteiger partial charge in [0.1, 0.15) is 0 Å². The highest BCUT2D eigenvalue weighted by Gasteiger charge is 2.22. The van der Waals surface area contributed by atoms with E-state index in [0.29, 0.717) is 18.7 Å². The van der Waals surface area contributed by atoms with Crippen molar-refractivity contribution in [3.8, 4) is 5.75 Å². The molecule has 0 radical (unpaired) electrons. The number of aromatic nitrogens is 1. The molecule has 2 aromatic rings. The fourth-order valence-electron chi connectivity index (χ4n) is 2.84. The minimum atomic E-state index is -0.514. The second-order valence-corrected chi connectivity index (χ2v) is 5.77. The summed E-state index contributed by atoms with van der Waals surface area (Å²) >= 11 is 0. The van der Waals surface area contributed by atoms with E-state index in [-0.39, 0.29) is 11.7 Å². The molecule has 1 aliphatic heterocycles. The fraction of sp³-hybridized carbons (Fsp3) is 0.333. The van der Waals surface area contributed by atoms with E-state index in [2.05, 4.69) is 9.88 Å². The number of amides is 1. The van der Waals surface area contributed by atoms with Crippen molar-refractivity contribution in [2.24, 2.45) is 0 Å². The number of rotatable bonds is 4. The van der Waals surface area contributed by atoms with Gasteiger partial charge in [0, 0.05) is 50.7 Å². The number of methoxy groups -OCH3 is 1. The van der Waals surface area contributed by atoms with Crippen molar-refractivity contribution >= 4 is 5.91 Å². The molecule has 0 atom stereocenters. The predicted octanol–water partition coefficient (Wildman–Crippen LogP) is 2.19. The van der Waals surface area contributed by atoms with Crippen LogP contribution in [0.2, 0.25) is 0 Å². The molecule has 126 valence electrons. The van der Waals surface area contributed by atoms with Crippen LogP contribution in [0.25, 0.3) is 0 Å². The van der Waals surface area contributed by atoms with Crippen LogP contribution < -0.4 is 4.74 Å². The van der Waals surface area contributed by atoms with Gasteiger partial charge in [0.05, 0.1) is 7.11 Å². The normalized spacial score (nSPS) is 15.3. The van der Waals surface area contributed by atoms with Crippen LogP contribution in [0.3, 0.4) is 0 Å². The summed E-state index contributed by atoms with van der Waals surface area (Å²) in [6.45, 7) is 3.72. The number of halogens is 1. The number of pyridine rings is 1. The first-order valence-corrected chi connectivity index (χ1v) is 7.91. The maximum Gasteiger partial charge on any atom is 0.254 e. The number of carbonyl (C=O) groups excluding carboxylic acids is 1. The zero-order valence-corrected chi connectivity index (χ0v) is 13.6. The van der Waals surface area contributed by atoms with Gasteiger partial charge in [-0.2, -0.15) is 0 Å². The molecule has 2 heterocycles. The number of nitrogens with zero attached hydrogens (tertiary/aromatic N) is 3. The van der Waals surface area contributed by atoms with Gasteiger partial charge in [-0.25, -0.2) is 4.39 Å². The Kier molecular flexibility index (Phi) is 5.05. The summed E-state index contributed by atoms with van der Waals surface area (Å²) in [7, 11) is 1.40. The zero-order valence-electron chi connectivity index (χ0n) is 13.6. The van der Waals surface area contributed by atoms with Gasteiger partial charge in [-0.1, -0.05) is 0 Å². The molecule has 0 unspecified atom stereocenters. The van der Waals surface area contributed by atoms with Crippen LogP contribution in [0.4, 0.5) is 4.39 Å². The number of ether oxygens (including phenoxy) is 1. The third-order valence-corrected chi connectivity index (χ3v) is 4.21. The number of piperazine rings is 1. The van der Waals surface area contributed by atoms with Crippen LogP contribution in [0.5, 0.6) is 5.75 Å². The summed E-state index contributed by atoms with van der Waals surface area (Å²) in [5, 5.41) is 0. The van der Waals surface area contributed by atoms with Gasteiger partial charge in [0.2, 0.25) is 0 Å².